The number of amides is 1. The molecule has 3 aromatic rings. The molecule has 0 saturated heterocycles. The zero-order chi connectivity index (χ0) is 15.9. The predicted octanol–water partition coefficient (Wildman–Crippen LogP) is 4.65. The van der Waals surface area contributed by atoms with Gasteiger partial charge in [-0.05, 0) is 62.6 Å². The molecule has 0 aliphatic heterocycles. The minimum Gasteiger partial charge on any atom is -0.358 e. The fourth-order valence-electron chi connectivity index (χ4n) is 2.90. The highest BCUT2D eigenvalue weighted by molar-refractivity contribution is 6.06. The summed E-state index contributed by atoms with van der Waals surface area (Å²) in [7, 11) is 0. The van der Waals surface area contributed by atoms with E-state index in [0.717, 1.165) is 16.8 Å². The Labute approximate surface area is 130 Å². The molecular formula is C19H20N2O. The number of anilines is 1. The first-order valence-electron chi connectivity index (χ1n) is 7.44. The summed E-state index contributed by atoms with van der Waals surface area (Å²) in [6, 6.07) is 11.3. The van der Waals surface area contributed by atoms with E-state index in [2.05, 4.69) is 38.0 Å². The number of H-pyrrole nitrogens is 1. The first-order chi connectivity index (χ1) is 10.5. The molecular weight excluding hydrogens is 272 g/mol. The number of hydrogen-bond donors (Lipinski definition) is 2. The van der Waals surface area contributed by atoms with Crippen molar-refractivity contribution in [1.29, 1.82) is 0 Å². The number of benzene rings is 2. The highest BCUT2D eigenvalue weighted by atomic mass is 16.1. The standard InChI is InChI=1S/C19H20N2O/c1-11-12(2)18-13(3)14(4)20-17(18)10-16(11)21-19(22)15-8-6-5-7-9-15/h5-10,20H,1-4H3,(H,21,22). The van der Waals surface area contributed by atoms with Gasteiger partial charge in [-0.15, -0.1) is 0 Å². The number of carbonyl (C=O) groups excluding carboxylic acids is 1. The van der Waals surface area contributed by atoms with Crippen molar-refractivity contribution in [2.75, 3.05) is 5.32 Å². The van der Waals surface area contributed by atoms with Gasteiger partial charge in [-0.25, -0.2) is 0 Å². The van der Waals surface area contributed by atoms with Gasteiger partial charge in [-0.2, -0.15) is 0 Å². The maximum Gasteiger partial charge on any atom is 0.255 e. The number of aromatic amines is 1. The van der Waals surface area contributed by atoms with Gasteiger partial charge in [-0.3, -0.25) is 4.79 Å². The van der Waals surface area contributed by atoms with E-state index >= 15 is 0 Å². The maximum atomic E-state index is 12.4. The van der Waals surface area contributed by atoms with Crippen LogP contribution in [0.2, 0.25) is 0 Å². The van der Waals surface area contributed by atoms with Crippen LogP contribution in [0, 0.1) is 27.7 Å². The van der Waals surface area contributed by atoms with E-state index in [1.165, 1.54) is 22.2 Å². The van der Waals surface area contributed by atoms with Crippen LogP contribution in [-0.2, 0) is 0 Å². The van der Waals surface area contributed by atoms with Crippen molar-refractivity contribution >= 4 is 22.5 Å². The first-order valence-corrected chi connectivity index (χ1v) is 7.44. The first kappa shape index (κ1) is 14.4. The molecule has 1 aromatic heterocycles. The average molecular weight is 292 g/mol. The topological polar surface area (TPSA) is 44.9 Å². The molecule has 1 amide bonds. The van der Waals surface area contributed by atoms with Crippen LogP contribution >= 0.6 is 0 Å². The van der Waals surface area contributed by atoms with Gasteiger partial charge < -0.3 is 10.3 Å². The van der Waals surface area contributed by atoms with Crippen LogP contribution in [0.25, 0.3) is 10.9 Å². The summed E-state index contributed by atoms with van der Waals surface area (Å²) >= 11 is 0. The van der Waals surface area contributed by atoms with E-state index in [-0.39, 0.29) is 5.91 Å². The molecule has 112 valence electrons. The minimum atomic E-state index is -0.0811. The lowest BCUT2D eigenvalue weighted by molar-refractivity contribution is 0.102. The molecule has 3 rings (SSSR count). The molecule has 3 nitrogen and oxygen atoms in total. The normalized spacial score (nSPS) is 10.9. The van der Waals surface area contributed by atoms with E-state index < -0.39 is 0 Å². The van der Waals surface area contributed by atoms with Gasteiger partial charge in [0, 0.05) is 27.8 Å². The van der Waals surface area contributed by atoms with E-state index in [4.69, 9.17) is 0 Å². The Morgan fingerprint density at radius 3 is 2.32 bits per heavy atom. The number of rotatable bonds is 2. The van der Waals surface area contributed by atoms with Crippen molar-refractivity contribution < 1.29 is 4.79 Å². The highest BCUT2D eigenvalue weighted by Gasteiger charge is 2.14. The molecule has 2 N–H and O–H groups in total. The van der Waals surface area contributed by atoms with Crippen LogP contribution < -0.4 is 5.32 Å². The smallest absolute Gasteiger partial charge is 0.255 e. The molecule has 2 aromatic carbocycles. The minimum absolute atomic E-state index is 0.0811. The highest BCUT2D eigenvalue weighted by Crippen LogP contribution is 2.32. The number of aromatic nitrogens is 1. The Balaban J connectivity index is 2.05. The summed E-state index contributed by atoms with van der Waals surface area (Å²) in [5.74, 6) is -0.0811. The maximum absolute atomic E-state index is 12.4. The van der Waals surface area contributed by atoms with Crippen molar-refractivity contribution in [2.24, 2.45) is 0 Å². The Morgan fingerprint density at radius 2 is 1.64 bits per heavy atom. The van der Waals surface area contributed by atoms with Gasteiger partial charge in [-0.1, -0.05) is 18.2 Å². The summed E-state index contributed by atoms with van der Waals surface area (Å²) in [5, 5.41) is 4.29. The summed E-state index contributed by atoms with van der Waals surface area (Å²) < 4.78 is 0. The average Bonchev–Trinajstić information content (AvgIpc) is 2.80. The molecule has 0 bridgehead atoms. The van der Waals surface area contributed by atoms with Gasteiger partial charge in [0.1, 0.15) is 0 Å². The molecule has 0 fully saturated rings. The third-order valence-corrected chi connectivity index (χ3v) is 4.44. The van der Waals surface area contributed by atoms with Gasteiger partial charge >= 0.3 is 0 Å². The molecule has 0 spiro atoms. The summed E-state index contributed by atoms with van der Waals surface area (Å²) in [5.41, 5.74) is 7.36. The monoisotopic (exact) mass is 292 g/mol. The number of carbonyl (C=O) groups is 1. The van der Waals surface area contributed by atoms with Crippen LogP contribution in [-0.4, -0.2) is 10.9 Å². The molecule has 0 unspecified atom stereocenters. The lowest BCUT2D eigenvalue weighted by atomic mass is 10.00. The third-order valence-electron chi connectivity index (χ3n) is 4.44. The molecule has 0 atom stereocenters. The fraction of sp³-hybridized carbons (Fsp3) is 0.211. The van der Waals surface area contributed by atoms with Gasteiger partial charge in [0.25, 0.3) is 5.91 Å². The fourth-order valence-corrected chi connectivity index (χ4v) is 2.90. The quantitative estimate of drug-likeness (QED) is 0.709. The number of hydrogen-bond acceptors (Lipinski definition) is 1. The van der Waals surface area contributed by atoms with Crippen molar-refractivity contribution in [3.05, 3.63) is 64.3 Å². The molecule has 22 heavy (non-hydrogen) atoms. The van der Waals surface area contributed by atoms with E-state index in [0.29, 0.717) is 5.56 Å². The van der Waals surface area contributed by atoms with Crippen molar-refractivity contribution in [2.45, 2.75) is 27.7 Å². The molecule has 1 heterocycles. The van der Waals surface area contributed by atoms with Crippen LogP contribution in [0.5, 0.6) is 0 Å². The number of aryl methyl sites for hydroxylation is 3. The summed E-state index contributed by atoms with van der Waals surface area (Å²) in [6.07, 6.45) is 0. The van der Waals surface area contributed by atoms with Crippen molar-refractivity contribution in [3.63, 3.8) is 0 Å². The zero-order valence-electron chi connectivity index (χ0n) is 13.4. The summed E-state index contributed by atoms with van der Waals surface area (Å²) in [6.45, 7) is 8.36. The van der Waals surface area contributed by atoms with Crippen LogP contribution in [0.4, 0.5) is 5.69 Å². The second-order valence-electron chi connectivity index (χ2n) is 5.79. The van der Waals surface area contributed by atoms with Crippen molar-refractivity contribution in [1.82, 2.24) is 4.98 Å². The molecule has 0 aliphatic rings. The number of fused-ring (bicyclic) bond motifs is 1. The second-order valence-corrected chi connectivity index (χ2v) is 5.79. The second kappa shape index (κ2) is 5.34. The molecule has 0 aliphatic carbocycles. The van der Waals surface area contributed by atoms with Crippen LogP contribution in [0.1, 0.15) is 32.7 Å². The van der Waals surface area contributed by atoms with Gasteiger partial charge in [0.05, 0.1) is 0 Å². The molecule has 3 heteroatoms. The third kappa shape index (κ3) is 2.29. The van der Waals surface area contributed by atoms with Gasteiger partial charge in [0.15, 0.2) is 0 Å². The van der Waals surface area contributed by atoms with E-state index in [9.17, 15) is 4.79 Å². The van der Waals surface area contributed by atoms with Crippen molar-refractivity contribution in [3.8, 4) is 0 Å². The molecule has 0 radical (unpaired) electrons. The Morgan fingerprint density at radius 1 is 0.955 bits per heavy atom. The van der Waals surface area contributed by atoms with Crippen LogP contribution in [0.15, 0.2) is 36.4 Å². The Hall–Kier alpha value is -2.55. The Kier molecular flexibility index (Phi) is 3.49. The Bertz CT molecular complexity index is 860. The van der Waals surface area contributed by atoms with Gasteiger partial charge in [0.2, 0.25) is 0 Å². The van der Waals surface area contributed by atoms with E-state index in [1.54, 1.807) is 0 Å². The van der Waals surface area contributed by atoms with E-state index in [1.807, 2.05) is 36.4 Å². The zero-order valence-corrected chi connectivity index (χ0v) is 13.4. The predicted molar refractivity (Wildman–Crippen MR) is 91.6 cm³/mol. The largest absolute Gasteiger partial charge is 0.358 e. The lowest BCUT2D eigenvalue weighted by Gasteiger charge is -2.12. The molecule has 0 saturated carbocycles. The summed E-state index contributed by atoms with van der Waals surface area (Å²) in [4.78, 5) is 15.8. The lowest BCUT2D eigenvalue weighted by Crippen LogP contribution is -2.13. The van der Waals surface area contributed by atoms with Crippen LogP contribution in [0.3, 0.4) is 0 Å². The number of nitrogens with one attached hydrogen (secondary N) is 2. The SMILES string of the molecule is Cc1[nH]c2cc(NC(=O)c3ccccc3)c(C)c(C)c2c1C.